The lowest BCUT2D eigenvalue weighted by molar-refractivity contribution is 0.186. The summed E-state index contributed by atoms with van der Waals surface area (Å²) in [6, 6.07) is 1.97. The van der Waals surface area contributed by atoms with Gasteiger partial charge in [0.05, 0.1) is 12.3 Å². The zero-order valence-electron chi connectivity index (χ0n) is 16.5. The topological polar surface area (TPSA) is 92.2 Å². The van der Waals surface area contributed by atoms with E-state index in [1.165, 1.54) is 17.1 Å². The van der Waals surface area contributed by atoms with Crippen LogP contribution in [0.3, 0.4) is 0 Å². The van der Waals surface area contributed by atoms with E-state index in [2.05, 4.69) is 26.4 Å². The number of hydrogen-bond acceptors (Lipinski definition) is 6. The van der Waals surface area contributed by atoms with Crippen LogP contribution in [-0.2, 0) is 10.0 Å². The van der Waals surface area contributed by atoms with Crippen molar-refractivity contribution in [2.75, 3.05) is 37.8 Å². The summed E-state index contributed by atoms with van der Waals surface area (Å²) >= 11 is 0. The first kappa shape index (κ1) is 19.2. The van der Waals surface area contributed by atoms with E-state index in [1.807, 2.05) is 6.07 Å². The van der Waals surface area contributed by atoms with Gasteiger partial charge in [-0.15, -0.1) is 0 Å². The zero-order chi connectivity index (χ0) is 20.2. The van der Waals surface area contributed by atoms with Gasteiger partial charge in [0.1, 0.15) is 11.8 Å². The molecule has 0 unspecified atom stereocenters. The zero-order valence-corrected chi connectivity index (χ0v) is 17.3. The van der Waals surface area contributed by atoms with Gasteiger partial charge >= 0.3 is 0 Å². The number of nitrogens with one attached hydrogen (secondary N) is 2. The number of alkyl halides is 1. The number of piperidine rings is 2. The second kappa shape index (κ2) is 6.88. The van der Waals surface area contributed by atoms with Crippen LogP contribution >= 0.6 is 0 Å². The van der Waals surface area contributed by atoms with Crippen molar-refractivity contribution in [1.82, 2.24) is 24.2 Å². The average Bonchev–Trinajstić information content (AvgIpc) is 3.32. The number of anilines is 1. The minimum Gasteiger partial charge on any atom is -0.348 e. The van der Waals surface area contributed by atoms with Crippen LogP contribution in [0.15, 0.2) is 18.5 Å². The lowest BCUT2D eigenvalue weighted by atomic mass is 9.90. The summed E-state index contributed by atoms with van der Waals surface area (Å²) in [6.07, 6.45) is 7.63. The third-order valence-corrected chi connectivity index (χ3v) is 8.02. The molecule has 2 aromatic rings. The van der Waals surface area contributed by atoms with Crippen LogP contribution in [0.5, 0.6) is 0 Å². The number of halogens is 1. The van der Waals surface area contributed by atoms with Gasteiger partial charge in [-0.3, -0.25) is 0 Å². The Morgan fingerprint density at radius 2 is 2.17 bits per heavy atom. The SMILES string of the molecule is CS(=O)(=O)N1CC[C@@H](Nc2ncc3ccn([C@@H]4CCNCC45CC5)c3n2)[C@H](F)C1. The highest BCUT2D eigenvalue weighted by Gasteiger charge is 2.51. The summed E-state index contributed by atoms with van der Waals surface area (Å²) in [6.45, 7) is 2.22. The summed E-state index contributed by atoms with van der Waals surface area (Å²) < 4.78 is 41.4. The highest BCUT2D eigenvalue weighted by Crippen LogP contribution is 2.56. The van der Waals surface area contributed by atoms with Crippen molar-refractivity contribution in [3.63, 3.8) is 0 Å². The minimum absolute atomic E-state index is 0.132. The molecule has 0 radical (unpaired) electrons. The van der Waals surface area contributed by atoms with Crippen LogP contribution in [0.25, 0.3) is 11.0 Å². The number of rotatable bonds is 4. The number of nitrogens with zero attached hydrogens (tertiary/aromatic N) is 4. The predicted molar refractivity (Wildman–Crippen MR) is 109 cm³/mol. The fourth-order valence-corrected chi connectivity index (χ4v) is 5.72. The van der Waals surface area contributed by atoms with Gasteiger partial charge in [0, 0.05) is 48.9 Å². The fraction of sp³-hybridized carbons (Fsp3) is 0.684. The Morgan fingerprint density at radius 1 is 1.34 bits per heavy atom. The number of hydrogen-bond donors (Lipinski definition) is 2. The van der Waals surface area contributed by atoms with Gasteiger partial charge in [0.15, 0.2) is 0 Å². The average molecular weight is 423 g/mol. The molecule has 1 spiro atoms. The lowest BCUT2D eigenvalue weighted by Crippen LogP contribution is -2.49. The molecule has 2 N–H and O–H groups in total. The fourth-order valence-electron chi connectivity index (χ4n) is 4.87. The molecule has 158 valence electrons. The normalized spacial score (nSPS) is 29.9. The molecule has 8 nitrogen and oxygen atoms in total. The van der Waals surface area contributed by atoms with Crippen LogP contribution in [0.4, 0.5) is 10.3 Å². The Hall–Kier alpha value is -1.78. The van der Waals surface area contributed by atoms with Gasteiger partial charge in [-0.05, 0) is 38.3 Å². The molecule has 0 bridgehead atoms. The molecule has 1 saturated carbocycles. The van der Waals surface area contributed by atoms with Crippen molar-refractivity contribution in [2.45, 2.75) is 43.9 Å². The molecule has 4 heterocycles. The first-order valence-electron chi connectivity index (χ1n) is 10.3. The Morgan fingerprint density at radius 3 is 2.90 bits per heavy atom. The molecule has 2 aliphatic heterocycles. The highest BCUT2D eigenvalue weighted by atomic mass is 32.2. The number of aromatic nitrogens is 3. The first-order valence-corrected chi connectivity index (χ1v) is 12.1. The van der Waals surface area contributed by atoms with Crippen molar-refractivity contribution in [3.05, 3.63) is 18.5 Å². The Labute approximate surface area is 169 Å². The van der Waals surface area contributed by atoms with Crippen LogP contribution in [-0.4, -0.2) is 71.9 Å². The molecule has 3 aliphatic rings. The minimum atomic E-state index is -3.37. The van der Waals surface area contributed by atoms with E-state index in [1.54, 1.807) is 6.20 Å². The Bertz CT molecular complexity index is 1020. The molecule has 5 rings (SSSR count). The van der Waals surface area contributed by atoms with E-state index in [-0.39, 0.29) is 6.54 Å². The first-order chi connectivity index (χ1) is 13.9. The van der Waals surface area contributed by atoms with E-state index in [0.29, 0.717) is 30.4 Å². The van der Waals surface area contributed by atoms with Crippen LogP contribution in [0.1, 0.15) is 31.7 Å². The maximum atomic E-state index is 14.6. The molecule has 0 aromatic carbocycles. The largest absolute Gasteiger partial charge is 0.348 e. The molecule has 3 fully saturated rings. The quantitative estimate of drug-likeness (QED) is 0.776. The van der Waals surface area contributed by atoms with Crippen LogP contribution in [0.2, 0.25) is 0 Å². The molecule has 0 amide bonds. The maximum absolute atomic E-state index is 14.6. The molecular weight excluding hydrogens is 395 g/mol. The lowest BCUT2D eigenvalue weighted by Gasteiger charge is -2.34. The van der Waals surface area contributed by atoms with Gasteiger partial charge in [-0.2, -0.15) is 9.29 Å². The summed E-state index contributed by atoms with van der Waals surface area (Å²) in [7, 11) is -3.37. The van der Waals surface area contributed by atoms with Crippen molar-refractivity contribution in [1.29, 1.82) is 0 Å². The molecular formula is C19H27FN6O2S. The highest BCUT2D eigenvalue weighted by molar-refractivity contribution is 7.88. The van der Waals surface area contributed by atoms with E-state index >= 15 is 0 Å². The van der Waals surface area contributed by atoms with Gasteiger partial charge in [-0.1, -0.05) is 0 Å². The predicted octanol–water partition coefficient (Wildman–Crippen LogP) is 1.53. The van der Waals surface area contributed by atoms with Gasteiger partial charge < -0.3 is 15.2 Å². The van der Waals surface area contributed by atoms with E-state index in [9.17, 15) is 12.8 Å². The van der Waals surface area contributed by atoms with Crippen molar-refractivity contribution < 1.29 is 12.8 Å². The van der Waals surface area contributed by atoms with E-state index in [4.69, 9.17) is 4.98 Å². The summed E-state index contributed by atoms with van der Waals surface area (Å²) in [4.78, 5) is 9.09. The van der Waals surface area contributed by atoms with Gasteiger partial charge in [0.2, 0.25) is 16.0 Å². The second-order valence-electron chi connectivity index (χ2n) is 8.72. The molecule has 1 aliphatic carbocycles. The third-order valence-electron chi connectivity index (χ3n) is 6.75. The molecule has 29 heavy (non-hydrogen) atoms. The standard InChI is InChI=1S/C19H27FN6O2S/c1-29(27,28)25-8-4-15(14(20)11-25)23-18-22-10-13-3-9-26(17(13)24-18)16-2-7-21-12-19(16)5-6-19/h3,9-10,14-16,21H,2,4-8,11-12H2,1H3,(H,22,23,24)/t14-,15-,16-/m1/s1. The van der Waals surface area contributed by atoms with Crippen LogP contribution in [0, 0.1) is 5.41 Å². The molecule has 2 aromatic heterocycles. The molecule has 10 heteroatoms. The van der Waals surface area contributed by atoms with E-state index in [0.717, 1.165) is 36.8 Å². The van der Waals surface area contributed by atoms with Crippen LogP contribution < -0.4 is 10.6 Å². The Balaban J connectivity index is 1.37. The van der Waals surface area contributed by atoms with Crippen molar-refractivity contribution >= 4 is 27.0 Å². The molecule has 2 saturated heterocycles. The monoisotopic (exact) mass is 422 g/mol. The van der Waals surface area contributed by atoms with Crippen molar-refractivity contribution in [2.24, 2.45) is 5.41 Å². The third kappa shape index (κ3) is 3.51. The summed E-state index contributed by atoms with van der Waals surface area (Å²) in [5, 5.41) is 7.60. The Kier molecular flexibility index (Phi) is 4.56. The van der Waals surface area contributed by atoms with Crippen molar-refractivity contribution in [3.8, 4) is 0 Å². The second-order valence-corrected chi connectivity index (χ2v) is 10.7. The maximum Gasteiger partial charge on any atom is 0.224 e. The summed E-state index contributed by atoms with van der Waals surface area (Å²) in [5.41, 5.74) is 1.22. The number of sulfonamides is 1. The van der Waals surface area contributed by atoms with Gasteiger partial charge in [0.25, 0.3) is 0 Å². The smallest absolute Gasteiger partial charge is 0.224 e. The summed E-state index contributed by atoms with van der Waals surface area (Å²) in [5.74, 6) is 0.400. The molecule has 3 atom stereocenters. The van der Waals surface area contributed by atoms with Gasteiger partial charge in [-0.25, -0.2) is 17.8 Å². The number of fused-ring (bicyclic) bond motifs is 1. The van der Waals surface area contributed by atoms with E-state index < -0.39 is 22.2 Å².